The maximum absolute atomic E-state index is 13.6. The van der Waals surface area contributed by atoms with Crippen LogP contribution in [0.2, 0.25) is 0 Å². The molecular weight excluding hydrogens is 507 g/mol. The molecule has 2 atom stereocenters. The van der Waals surface area contributed by atoms with E-state index in [1.165, 1.54) is 11.0 Å². The molecule has 0 spiro atoms. The van der Waals surface area contributed by atoms with Crippen LogP contribution in [-0.2, 0) is 32.3 Å². The molecule has 0 aliphatic heterocycles. The highest BCUT2D eigenvalue weighted by Gasteiger charge is 2.34. The lowest BCUT2D eigenvalue weighted by Gasteiger charge is -2.33. The summed E-state index contributed by atoms with van der Waals surface area (Å²) in [4.78, 5) is 28.0. The van der Waals surface area contributed by atoms with Crippen molar-refractivity contribution in [1.82, 2.24) is 10.2 Å². The number of alkyl halides is 3. The van der Waals surface area contributed by atoms with E-state index >= 15 is 0 Å². The fourth-order valence-corrected chi connectivity index (χ4v) is 4.66. The number of halogens is 3. The molecule has 2 rings (SSSR count). The van der Waals surface area contributed by atoms with Crippen molar-refractivity contribution in [3.63, 3.8) is 0 Å². The van der Waals surface area contributed by atoms with Crippen molar-refractivity contribution < 1.29 is 31.2 Å². The first kappa shape index (κ1) is 30.1. The lowest BCUT2D eigenvalue weighted by atomic mass is 10.1. The molecule has 1 N–H and O–H groups in total. The van der Waals surface area contributed by atoms with Gasteiger partial charge in [-0.05, 0) is 50.5 Å². The smallest absolute Gasteiger partial charge is 0.352 e. The van der Waals surface area contributed by atoms with Crippen molar-refractivity contribution in [2.45, 2.75) is 65.3 Å². The summed E-state index contributed by atoms with van der Waals surface area (Å²) in [6.45, 7) is 6.60. The van der Waals surface area contributed by atoms with Gasteiger partial charge in [0, 0.05) is 12.6 Å². The number of aryl methyl sites for hydroxylation is 1. The fraction of sp³-hybridized carbons (Fsp3) is 0.462. The Kier molecular flexibility index (Phi) is 10.1. The van der Waals surface area contributed by atoms with Crippen LogP contribution < -0.4 is 9.62 Å². The second-order valence-corrected chi connectivity index (χ2v) is 11.0. The van der Waals surface area contributed by atoms with Crippen molar-refractivity contribution in [1.29, 1.82) is 0 Å². The number of nitrogens with zero attached hydrogens (tertiary/aromatic N) is 2. The van der Waals surface area contributed by atoms with Crippen LogP contribution in [-0.4, -0.2) is 50.0 Å². The molecule has 0 radical (unpaired) electrons. The van der Waals surface area contributed by atoms with Crippen LogP contribution in [0.3, 0.4) is 0 Å². The van der Waals surface area contributed by atoms with E-state index in [9.17, 15) is 31.2 Å². The molecule has 0 fully saturated rings. The van der Waals surface area contributed by atoms with Crippen LogP contribution in [0, 0.1) is 6.92 Å². The summed E-state index contributed by atoms with van der Waals surface area (Å²) in [5.41, 5.74) is 0.331. The van der Waals surface area contributed by atoms with E-state index in [0.29, 0.717) is 16.8 Å². The van der Waals surface area contributed by atoms with Gasteiger partial charge in [-0.3, -0.25) is 13.9 Å². The molecular formula is C26H34F3N3O4S. The van der Waals surface area contributed by atoms with E-state index < -0.39 is 40.3 Å². The Morgan fingerprint density at radius 1 is 1.03 bits per heavy atom. The lowest BCUT2D eigenvalue weighted by molar-refractivity contribution is -0.140. The Bertz CT molecular complexity index is 1200. The van der Waals surface area contributed by atoms with E-state index in [2.05, 4.69) is 5.32 Å². The predicted octanol–water partition coefficient (Wildman–Crippen LogP) is 4.50. The highest BCUT2D eigenvalue weighted by Crippen LogP contribution is 2.32. The second kappa shape index (κ2) is 12.4. The molecule has 7 nitrogen and oxygen atoms in total. The van der Waals surface area contributed by atoms with Gasteiger partial charge in [0.15, 0.2) is 0 Å². The van der Waals surface area contributed by atoms with Crippen molar-refractivity contribution >= 4 is 27.5 Å². The SMILES string of the molecule is CC[C@@H](C)NC(=O)[C@H](CC)N(Cc1cccc(C)c1)C(=O)CN(c1cccc(C(F)(F)F)c1)S(C)(=O)=O. The summed E-state index contributed by atoms with van der Waals surface area (Å²) in [6.07, 6.45) is -2.95. The van der Waals surface area contributed by atoms with Crippen molar-refractivity contribution in [3.8, 4) is 0 Å². The second-order valence-electron chi connectivity index (χ2n) is 9.07. The van der Waals surface area contributed by atoms with Gasteiger partial charge in [0.2, 0.25) is 21.8 Å². The molecule has 0 unspecified atom stereocenters. The fourth-order valence-electron chi connectivity index (χ4n) is 3.82. The Labute approximate surface area is 216 Å². The molecule has 37 heavy (non-hydrogen) atoms. The van der Waals surface area contributed by atoms with Gasteiger partial charge in [0.25, 0.3) is 0 Å². The highest BCUT2D eigenvalue weighted by atomic mass is 32.2. The zero-order valence-electron chi connectivity index (χ0n) is 21.7. The van der Waals surface area contributed by atoms with Gasteiger partial charge < -0.3 is 10.2 Å². The third-order valence-corrected chi connectivity index (χ3v) is 7.10. The number of amides is 2. The Hall–Kier alpha value is -3.08. The minimum absolute atomic E-state index is 0.0210. The molecule has 0 aliphatic carbocycles. The normalized spacial score (nSPS) is 13.5. The first-order valence-corrected chi connectivity index (χ1v) is 13.8. The van der Waals surface area contributed by atoms with E-state index in [1.54, 1.807) is 19.1 Å². The van der Waals surface area contributed by atoms with Gasteiger partial charge in [-0.15, -0.1) is 0 Å². The van der Waals surface area contributed by atoms with Gasteiger partial charge in [0.1, 0.15) is 12.6 Å². The van der Waals surface area contributed by atoms with Crippen molar-refractivity contribution in [2.24, 2.45) is 0 Å². The molecule has 0 bridgehead atoms. The molecule has 2 aromatic carbocycles. The summed E-state index contributed by atoms with van der Waals surface area (Å²) in [5, 5.41) is 2.86. The van der Waals surface area contributed by atoms with Crippen LogP contribution in [0.1, 0.15) is 50.3 Å². The first-order chi connectivity index (χ1) is 17.2. The number of nitrogens with one attached hydrogen (secondary N) is 1. The van der Waals surface area contributed by atoms with E-state index in [1.807, 2.05) is 32.9 Å². The van der Waals surface area contributed by atoms with Gasteiger partial charge in [-0.25, -0.2) is 8.42 Å². The highest BCUT2D eigenvalue weighted by molar-refractivity contribution is 7.92. The molecule has 0 aliphatic rings. The van der Waals surface area contributed by atoms with Gasteiger partial charge >= 0.3 is 6.18 Å². The van der Waals surface area contributed by atoms with Crippen LogP contribution in [0.4, 0.5) is 18.9 Å². The average molecular weight is 542 g/mol. The molecule has 0 saturated heterocycles. The zero-order chi connectivity index (χ0) is 28.0. The summed E-state index contributed by atoms with van der Waals surface area (Å²) in [7, 11) is -4.15. The third kappa shape index (κ3) is 8.48. The van der Waals surface area contributed by atoms with Gasteiger partial charge in [-0.2, -0.15) is 13.2 Å². The van der Waals surface area contributed by atoms with Crippen LogP contribution >= 0.6 is 0 Å². The van der Waals surface area contributed by atoms with Crippen LogP contribution in [0.5, 0.6) is 0 Å². The number of hydrogen-bond donors (Lipinski definition) is 1. The Balaban J connectivity index is 2.49. The van der Waals surface area contributed by atoms with E-state index in [4.69, 9.17) is 0 Å². The Morgan fingerprint density at radius 3 is 2.22 bits per heavy atom. The third-order valence-electron chi connectivity index (χ3n) is 5.96. The summed E-state index contributed by atoms with van der Waals surface area (Å²) in [5.74, 6) is -1.10. The predicted molar refractivity (Wildman–Crippen MR) is 137 cm³/mol. The quantitative estimate of drug-likeness (QED) is 0.454. The van der Waals surface area contributed by atoms with E-state index in [-0.39, 0.29) is 30.6 Å². The molecule has 0 heterocycles. The molecule has 0 aromatic heterocycles. The maximum atomic E-state index is 13.6. The summed E-state index contributed by atoms with van der Waals surface area (Å²) in [6, 6.07) is 10.0. The number of benzene rings is 2. The molecule has 204 valence electrons. The Morgan fingerprint density at radius 2 is 1.68 bits per heavy atom. The number of rotatable bonds is 11. The standard InChI is InChI=1S/C26H34F3N3O4S/c1-6-19(4)30-25(34)23(7-2)31(16-20-11-8-10-18(3)14-20)24(33)17-32(37(5,35)36)22-13-9-12-21(15-22)26(27,28)29/h8-15,19,23H,6-7,16-17H2,1-5H3,(H,30,34)/t19-,23+/m1/s1. The number of hydrogen-bond acceptors (Lipinski definition) is 4. The molecule has 0 saturated carbocycles. The minimum atomic E-state index is -4.69. The van der Waals surface area contributed by atoms with Gasteiger partial charge in [-0.1, -0.05) is 49.7 Å². The maximum Gasteiger partial charge on any atom is 0.416 e. The molecule has 2 amide bonds. The summed E-state index contributed by atoms with van der Waals surface area (Å²) < 4.78 is 65.7. The zero-order valence-corrected chi connectivity index (χ0v) is 22.5. The lowest BCUT2D eigenvalue weighted by Crippen LogP contribution is -2.53. The summed E-state index contributed by atoms with van der Waals surface area (Å²) >= 11 is 0. The van der Waals surface area contributed by atoms with E-state index in [0.717, 1.165) is 29.5 Å². The van der Waals surface area contributed by atoms with Crippen molar-refractivity contribution in [2.75, 3.05) is 17.1 Å². The average Bonchev–Trinajstić information content (AvgIpc) is 2.81. The number of anilines is 1. The molecule has 2 aromatic rings. The minimum Gasteiger partial charge on any atom is -0.352 e. The van der Waals surface area contributed by atoms with Crippen LogP contribution in [0.15, 0.2) is 48.5 Å². The largest absolute Gasteiger partial charge is 0.416 e. The van der Waals surface area contributed by atoms with Crippen molar-refractivity contribution in [3.05, 3.63) is 65.2 Å². The number of carbonyl (C=O) groups is 2. The monoisotopic (exact) mass is 541 g/mol. The topological polar surface area (TPSA) is 86.8 Å². The molecule has 11 heteroatoms. The first-order valence-electron chi connectivity index (χ1n) is 12.0. The number of sulfonamides is 1. The van der Waals surface area contributed by atoms with Gasteiger partial charge in [0.05, 0.1) is 17.5 Å². The van der Waals surface area contributed by atoms with Crippen LogP contribution in [0.25, 0.3) is 0 Å². The number of carbonyl (C=O) groups excluding carboxylic acids is 2.